The summed E-state index contributed by atoms with van der Waals surface area (Å²) in [6.45, 7) is 7.04. The highest BCUT2D eigenvalue weighted by Gasteiger charge is 2.15. The maximum absolute atomic E-state index is 12.5. The molecule has 0 aliphatic rings. The van der Waals surface area contributed by atoms with Gasteiger partial charge in [-0.2, -0.15) is 0 Å². The van der Waals surface area contributed by atoms with Crippen LogP contribution in [0.15, 0.2) is 46.9 Å². The summed E-state index contributed by atoms with van der Waals surface area (Å²) >= 11 is 14.9. The highest BCUT2D eigenvalue weighted by Crippen LogP contribution is 2.32. The van der Waals surface area contributed by atoms with Gasteiger partial charge in [0.1, 0.15) is 12.4 Å². The largest absolute Gasteiger partial charge is 0.486 e. The number of thiazole rings is 1. The lowest BCUT2D eigenvalue weighted by molar-refractivity contribution is -0.113. The van der Waals surface area contributed by atoms with E-state index in [-0.39, 0.29) is 11.7 Å². The summed E-state index contributed by atoms with van der Waals surface area (Å²) in [6.07, 6.45) is 0. The fourth-order valence-electron chi connectivity index (χ4n) is 3.45. The van der Waals surface area contributed by atoms with Crippen LogP contribution < -0.4 is 10.1 Å². The number of ether oxygens (including phenoxy) is 1. The summed E-state index contributed by atoms with van der Waals surface area (Å²) < 4.78 is 7.88. The number of nitrogens with zero attached hydrogens (tertiary/aromatic N) is 4. The number of amides is 1. The molecule has 2 aromatic heterocycles. The predicted molar refractivity (Wildman–Crippen MR) is 143 cm³/mol. The van der Waals surface area contributed by atoms with E-state index >= 15 is 0 Å². The fourth-order valence-corrected chi connectivity index (χ4v) is 5.51. The van der Waals surface area contributed by atoms with E-state index in [1.165, 1.54) is 23.1 Å². The van der Waals surface area contributed by atoms with Crippen molar-refractivity contribution in [1.29, 1.82) is 0 Å². The monoisotopic (exact) mass is 547 g/mol. The van der Waals surface area contributed by atoms with Crippen molar-refractivity contribution < 1.29 is 9.53 Å². The first kappa shape index (κ1) is 25.5. The second kappa shape index (κ2) is 11.4. The van der Waals surface area contributed by atoms with Crippen molar-refractivity contribution in [2.75, 3.05) is 11.1 Å². The van der Waals surface area contributed by atoms with Crippen LogP contribution >= 0.6 is 46.3 Å². The quantitative estimate of drug-likeness (QED) is 0.236. The minimum absolute atomic E-state index is 0.173. The number of hydrogen-bond acceptors (Lipinski definition) is 7. The summed E-state index contributed by atoms with van der Waals surface area (Å²) in [5.41, 5.74) is 3.72. The van der Waals surface area contributed by atoms with Gasteiger partial charge in [0.05, 0.1) is 16.5 Å². The molecule has 0 radical (unpaired) electrons. The molecule has 0 spiro atoms. The molecule has 0 aliphatic heterocycles. The average Bonchev–Trinajstić information content (AvgIpc) is 3.42. The minimum Gasteiger partial charge on any atom is -0.486 e. The van der Waals surface area contributed by atoms with Gasteiger partial charge < -0.3 is 14.6 Å². The van der Waals surface area contributed by atoms with Crippen LogP contribution in [0.1, 0.15) is 23.9 Å². The van der Waals surface area contributed by atoms with Crippen LogP contribution in [-0.2, 0) is 17.9 Å². The molecule has 0 aliphatic carbocycles. The van der Waals surface area contributed by atoms with E-state index in [0.29, 0.717) is 45.0 Å². The van der Waals surface area contributed by atoms with Gasteiger partial charge in [0.2, 0.25) is 5.91 Å². The number of nitrogens with one attached hydrogen (secondary N) is 1. The molecule has 1 N–H and O–H groups in total. The molecule has 182 valence electrons. The first-order chi connectivity index (χ1) is 16.8. The van der Waals surface area contributed by atoms with Gasteiger partial charge in [-0.25, -0.2) is 4.98 Å². The van der Waals surface area contributed by atoms with Crippen molar-refractivity contribution in [3.8, 4) is 17.0 Å². The molecule has 2 aromatic carbocycles. The van der Waals surface area contributed by atoms with Gasteiger partial charge in [0.25, 0.3) is 0 Å². The minimum atomic E-state index is -0.184. The third kappa shape index (κ3) is 6.55. The molecule has 0 unspecified atom stereocenters. The Bertz CT molecular complexity index is 1340. The number of carbonyl (C=O) groups is 1. The van der Waals surface area contributed by atoms with Gasteiger partial charge in [-0.15, -0.1) is 21.5 Å². The van der Waals surface area contributed by atoms with E-state index < -0.39 is 0 Å². The van der Waals surface area contributed by atoms with E-state index in [0.717, 1.165) is 22.4 Å². The fraction of sp³-hybridized carbons (Fsp3) is 0.250. The molecule has 2 heterocycles. The number of aromatic nitrogens is 4. The molecule has 0 saturated heterocycles. The van der Waals surface area contributed by atoms with Crippen molar-refractivity contribution in [3.63, 3.8) is 0 Å². The van der Waals surface area contributed by atoms with Gasteiger partial charge in [-0.1, -0.05) is 41.0 Å². The van der Waals surface area contributed by atoms with Crippen molar-refractivity contribution >= 4 is 57.3 Å². The summed E-state index contributed by atoms with van der Waals surface area (Å²) in [5.74, 6) is 1.49. The summed E-state index contributed by atoms with van der Waals surface area (Å²) in [4.78, 5) is 17.0. The number of hydrogen-bond donors (Lipinski definition) is 1. The molecule has 0 fully saturated rings. The molecule has 7 nitrogen and oxygen atoms in total. The Morgan fingerprint density at radius 1 is 1.14 bits per heavy atom. The predicted octanol–water partition coefficient (Wildman–Crippen LogP) is 6.65. The number of anilines is 1. The molecule has 4 aromatic rings. The zero-order chi connectivity index (χ0) is 24.9. The molecular weight excluding hydrogens is 525 g/mol. The Labute approximate surface area is 221 Å². The average molecular weight is 549 g/mol. The van der Waals surface area contributed by atoms with Crippen LogP contribution in [-0.4, -0.2) is 31.4 Å². The second-order valence-corrected chi connectivity index (χ2v) is 10.4. The van der Waals surface area contributed by atoms with Crippen LogP contribution in [0.2, 0.25) is 10.0 Å². The lowest BCUT2D eigenvalue weighted by Gasteiger charge is -2.10. The van der Waals surface area contributed by atoms with Gasteiger partial charge in [-0.3, -0.25) is 4.79 Å². The Balaban J connectivity index is 1.34. The van der Waals surface area contributed by atoms with Gasteiger partial charge >= 0.3 is 0 Å². The molecule has 35 heavy (non-hydrogen) atoms. The summed E-state index contributed by atoms with van der Waals surface area (Å²) in [5, 5.41) is 15.4. The third-order valence-corrected chi connectivity index (χ3v) is 7.24. The molecule has 11 heteroatoms. The third-order valence-electron chi connectivity index (χ3n) is 4.96. The number of carbonyl (C=O) groups excluding carboxylic acids is 1. The number of thioether (sulfide) groups is 1. The lowest BCUT2D eigenvalue weighted by atomic mass is 10.1. The maximum Gasteiger partial charge on any atom is 0.236 e. The van der Waals surface area contributed by atoms with Crippen molar-refractivity contribution in [2.24, 2.45) is 0 Å². The van der Waals surface area contributed by atoms with Crippen molar-refractivity contribution in [1.82, 2.24) is 19.7 Å². The standard InChI is InChI=1S/C24H23Cl2N5O2S2/c1-4-31-21(11-33-17-8-14(2)7-15(3)9-17)29-30-24(31)35-13-22(32)28-23-27-20(12-34-23)18-6-5-16(25)10-19(18)26/h5-10,12H,4,11,13H2,1-3H3,(H,27,28,32). The highest BCUT2D eigenvalue weighted by atomic mass is 35.5. The van der Waals surface area contributed by atoms with Gasteiger partial charge in [0.15, 0.2) is 16.1 Å². The SMILES string of the molecule is CCn1c(COc2cc(C)cc(C)c2)nnc1SCC(=O)Nc1nc(-c2ccc(Cl)cc2Cl)cs1. The summed E-state index contributed by atoms with van der Waals surface area (Å²) in [7, 11) is 0. The lowest BCUT2D eigenvalue weighted by Crippen LogP contribution is -2.14. The van der Waals surface area contributed by atoms with Crippen LogP contribution in [0.3, 0.4) is 0 Å². The first-order valence-electron chi connectivity index (χ1n) is 10.8. The van der Waals surface area contributed by atoms with E-state index in [1.54, 1.807) is 18.2 Å². The van der Waals surface area contributed by atoms with Crippen molar-refractivity contribution in [2.45, 2.75) is 39.1 Å². The zero-order valence-electron chi connectivity index (χ0n) is 19.3. The zero-order valence-corrected chi connectivity index (χ0v) is 22.5. The molecule has 0 atom stereocenters. The normalized spacial score (nSPS) is 11.0. The van der Waals surface area contributed by atoms with E-state index in [2.05, 4.69) is 26.6 Å². The summed E-state index contributed by atoms with van der Waals surface area (Å²) in [6, 6.07) is 11.3. The number of halogens is 2. The Morgan fingerprint density at radius 3 is 2.63 bits per heavy atom. The van der Waals surface area contributed by atoms with E-state index in [1.807, 2.05) is 42.9 Å². The number of aryl methyl sites for hydroxylation is 2. The van der Waals surface area contributed by atoms with Crippen molar-refractivity contribution in [3.05, 3.63) is 68.8 Å². The Kier molecular flexibility index (Phi) is 8.33. The van der Waals surface area contributed by atoms with Crippen LogP contribution in [0.4, 0.5) is 5.13 Å². The van der Waals surface area contributed by atoms with Crippen LogP contribution in [0.5, 0.6) is 5.75 Å². The van der Waals surface area contributed by atoms with Crippen LogP contribution in [0, 0.1) is 13.8 Å². The van der Waals surface area contributed by atoms with Gasteiger partial charge in [0, 0.05) is 22.5 Å². The molecular formula is C24H23Cl2N5O2S2. The smallest absolute Gasteiger partial charge is 0.236 e. The highest BCUT2D eigenvalue weighted by molar-refractivity contribution is 7.99. The number of benzene rings is 2. The molecule has 0 saturated carbocycles. The molecule has 0 bridgehead atoms. The van der Waals surface area contributed by atoms with E-state index in [4.69, 9.17) is 27.9 Å². The topological polar surface area (TPSA) is 81.9 Å². The first-order valence-corrected chi connectivity index (χ1v) is 13.4. The number of rotatable bonds is 9. The maximum atomic E-state index is 12.5. The molecule has 1 amide bonds. The van der Waals surface area contributed by atoms with Crippen LogP contribution in [0.25, 0.3) is 11.3 Å². The molecule has 4 rings (SSSR count). The van der Waals surface area contributed by atoms with E-state index in [9.17, 15) is 4.79 Å². The Morgan fingerprint density at radius 2 is 1.91 bits per heavy atom. The van der Waals surface area contributed by atoms with Gasteiger partial charge in [-0.05, 0) is 62.2 Å². The second-order valence-electron chi connectivity index (χ2n) is 7.75. The Hall–Kier alpha value is -2.59.